The minimum absolute atomic E-state index is 0.0905. The Labute approximate surface area is 207 Å². The van der Waals surface area contributed by atoms with Crippen LogP contribution in [0.5, 0.6) is 5.75 Å². The average Bonchev–Trinajstić information content (AvgIpc) is 3.47. The van der Waals surface area contributed by atoms with Gasteiger partial charge in [0.15, 0.2) is 5.60 Å². The predicted octanol–water partition coefficient (Wildman–Crippen LogP) is 1.72. The van der Waals surface area contributed by atoms with Crippen molar-refractivity contribution in [3.63, 3.8) is 0 Å². The molecule has 1 saturated heterocycles. The number of ether oxygens (including phenoxy) is 3. The van der Waals surface area contributed by atoms with Crippen molar-refractivity contribution in [2.75, 3.05) is 32.8 Å². The molecule has 2 atom stereocenters. The summed E-state index contributed by atoms with van der Waals surface area (Å²) in [5.41, 5.74) is 2.87. The van der Waals surface area contributed by atoms with Crippen LogP contribution in [-0.4, -0.2) is 64.5 Å². The number of cyclic esters (lactones) is 1. The van der Waals surface area contributed by atoms with Gasteiger partial charge in [-0.3, -0.25) is 9.69 Å². The highest BCUT2D eigenvalue weighted by Crippen LogP contribution is 2.41. The molecule has 6 heterocycles. The molecule has 0 aliphatic carbocycles. The van der Waals surface area contributed by atoms with E-state index < -0.39 is 11.6 Å². The normalized spacial score (nSPS) is 24.6. The van der Waals surface area contributed by atoms with Crippen molar-refractivity contribution in [1.82, 2.24) is 14.5 Å². The summed E-state index contributed by atoms with van der Waals surface area (Å²) >= 11 is 0. The SMILES string of the molecule is CC[C@@]1(O)C(=O)OCc2c1cc1n(c2=O)Cc2cc3c4c(ccc3nc2-1)OC(CN1CCOCC1)C4. The molecule has 186 valence electrons. The Morgan fingerprint density at radius 1 is 1.17 bits per heavy atom. The summed E-state index contributed by atoms with van der Waals surface area (Å²) in [5, 5.41) is 12.1. The van der Waals surface area contributed by atoms with Gasteiger partial charge in [0, 0.05) is 48.1 Å². The third-order valence-electron chi connectivity index (χ3n) is 8.05. The first-order chi connectivity index (χ1) is 17.5. The van der Waals surface area contributed by atoms with E-state index in [4.69, 9.17) is 19.2 Å². The predicted molar refractivity (Wildman–Crippen MR) is 130 cm³/mol. The van der Waals surface area contributed by atoms with Crippen LogP contribution >= 0.6 is 0 Å². The van der Waals surface area contributed by atoms with Crippen LogP contribution in [0.2, 0.25) is 0 Å². The second-order valence-corrected chi connectivity index (χ2v) is 10.1. The lowest BCUT2D eigenvalue weighted by molar-refractivity contribution is -0.172. The molecular formula is C27H27N3O6. The van der Waals surface area contributed by atoms with Gasteiger partial charge in [0.05, 0.1) is 42.2 Å². The fourth-order valence-electron chi connectivity index (χ4n) is 6.03. The van der Waals surface area contributed by atoms with Crippen molar-refractivity contribution in [3.05, 3.63) is 56.9 Å². The van der Waals surface area contributed by atoms with Crippen molar-refractivity contribution in [3.8, 4) is 17.1 Å². The van der Waals surface area contributed by atoms with Crippen molar-refractivity contribution < 1.29 is 24.1 Å². The first-order valence-corrected chi connectivity index (χ1v) is 12.6. The van der Waals surface area contributed by atoms with E-state index in [9.17, 15) is 14.7 Å². The largest absolute Gasteiger partial charge is 0.488 e. The van der Waals surface area contributed by atoms with Crippen LogP contribution in [0.25, 0.3) is 22.3 Å². The Morgan fingerprint density at radius 2 is 2.00 bits per heavy atom. The van der Waals surface area contributed by atoms with Crippen LogP contribution in [0.3, 0.4) is 0 Å². The lowest BCUT2D eigenvalue weighted by atomic mass is 9.86. The van der Waals surface area contributed by atoms with E-state index in [-0.39, 0.29) is 24.7 Å². The van der Waals surface area contributed by atoms with Gasteiger partial charge in [-0.05, 0) is 30.7 Å². The molecule has 7 rings (SSSR count). The van der Waals surface area contributed by atoms with E-state index in [1.165, 1.54) is 0 Å². The maximum absolute atomic E-state index is 13.4. The fraction of sp³-hybridized carbons (Fsp3) is 0.444. The fourth-order valence-corrected chi connectivity index (χ4v) is 6.03. The quantitative estimate of drug-likeness (QED) is 0.434. The van der Waals surface area contributed by atoms with Crippen molar-refractivity contribution in [2.24, 2.45) is 0 Å². The van der Waals surface area contributed by atoms with Gasteiger partial charge in [-0.25, -0.2) is 9.78 Å². The lowest BCUT2D eigenvalue weighted by Crippen LogP contribution is -2.44. The van der Waals surface area contributed by atoms with Gasteiger partial charge < -0.3 is 23.9 Å². The summed E-state index contributed by atoms with van der Waals surface area (Å²) in [4.78, 5) is 33.1. The van der Waals surface area contributed by atoms with Crippen molar-refractivity contribution in [1.29, 1.82) is 0 Å². The van der Waals surface area contributed by atoms with Crippen LogP contribution in [0.4, 0.5) is 0 Å². The van der Waals surface area contributed by atoms with Gasteiger partial charge in [0.25, 0.3) is 5.56 Å². The number of nitrogens with zero attached hydrogens (tertiary/aromatic N) is 3. The monoisotopic (exact) mass is 489 g/mol. The number of hydrogen-bond acceptors (Lipinski definition) is 8. The molecule has 0 spiro atoms. The molecule has 3 aromatic rings. The molecule has 4 aliphatic heterocycles. The third kappa shape index (κ3) is 3.09. The first kappa shape index (κ1) is 22.0. The number of aliphatic hydroxyl groups is 1. The number of aromatic nitrogens is 2. The van der Waals surface area contributed by atoms with Gasteiger partial charge in [0.1, 0.15) is 18.5 Å². The van der Waals surface area contributed by atoms with Crippen LogP contribution in [0, 0.1) is 0 Å². The molecule has 0 saturated carbocycles. The topological polar surface area (TPSA) is 103 Å². The summed E-state index contributed by atoms with van der Waals surface area (Å²) in [5.74, 6) is 0.183. The highest BCUT2D eigenvalue weighted by Gasteiger charge is 2.45. The molecule has 1 N–H and O–H groups in total. The van der Waals surface area contributed by atoms with E-state index in [0.717, 1.165) is 67.0 Å². The number of pyridine rings is 2. The zero-order valence-electron chi connectivity index (χ0n) is 20.1. The van der Waals surface area contributed by atoms with E-state index in [1.807, 2.05) is 12.1 Å². The van der Waals surface area contributed by atoms with Crippen LogP contribution in [0.15, 0.2) is 29.1 Å². The number of rotatable bonds is 3. The van der Waals surface area contributed by atoms with Gasteiger partial charge in [0.2, 0.25) is 0 Å². The van der Waals surface area contributed by atoms with Crippen LogP contribution in [0.1, 0.15) is 35.6 Å². The lowest BCUT2D eigenvalue weighted by Gasteiger charge is -2.31. The summed E-state index contributed by atoms with van der Waals surface area (Å²) in [6.07, 6.45) is 1.03. The van der Waals surface area contributed by atoms with Crippen LogP contribution in [-0.2, 0) is 39.4 Å². The maximum atomic E-state index is 13.4. The molecule has 9 heteroatoms. The summed E-state index contributed by atoms with van der Waals surface area (Å²) < 4.78 is 18.6. The smallest absolute Gasteiger partial charge is 0.343 e. The van der Waals surface area contributed by atoms with Gasteiger partial charge in [-0.2, -0.15) is 0 Å². The summed E-state index contributed by atoms with van der Waals surface area (Å²) in [7, 11) is 0. The minimum Gasteiger partial charge on any atom is -0.488 e. The Morgan fingerprint density at radius 3 is 2.81 bits per heavy atom. The van der Waals surface area contributed by atoms with Crippen LogP contribution < -0.4 is 10.3 Å². The highest BCUT2D eigenvalue weighted by molar-refractivity contribution is 5.89. The molecule has 4 aliphatic rings. The summed E-state index contributed by atoms with van der Waals surface area (Å²) in [6, 6.07) is 7.82. The van der Waals surface area contributed by atoms with Crippen molar-refractivity contribution >= 4 is 16.9 Å². The molecule has 36 heavy (non-hydrogen) atoms. The zero-order chi connectivity index (χ0) is 24.6. The number of hydrogen-bond donors (Lipinski definition) is 1. The molecule has 9 nitrogen and oxygen atoms in total. The average molecular weight is 490 g/mol. The number of esters is 1. The number of benzene rings is 1. The molecule has 2 aromatic heterocycles. The number of carbonyl (C=O) groups excluding carboxylic acids is 1. The third-order valence-corrected chi connectivity index (χ3v) is 8.05. The molecule has 0 radical (unpaired) electrons. The number of morpholine rings is 1. The zero-order valence-corrected chi connectivity index (χ0v) is 20.1. The van der Waals surface area contributed by atoms with E-state index in [0.29, 0.717) is 29.1 Å². The second-order valence-electron chi connectivity index (χ2n) is 10.1. The molecule has 0 bridgehead atoms. The van der Waals surface area contributed by atoms with E-state index in [1.54, 1.807) is 17.6 Å². The Balaban J connectivity index is 1.28. The van der Waals surface area contributed by atoms with E-state index >= 15 is 0 Å². The molecule has 1 aromatic carbocycles. The number of carbonyl (C=O) groups is 1. The Bertz CT molecular complexity index is 1490. The molecular weight excluding hydrogens is 462 g/mol. The van der Waals surface area contributed by atoms with Gasteiger partial charge in [-0.1, -0.05) is 6.92 Å². The standard InChI is InChI=1S/C27H27N3O6/c1-2-27(33)20-11-22-24-15(12-30(22)25(31)19(20)14-35-26(27)32)9-17-18-10-16(13-29-5-7-34-8-6-29)36-23(18)4-3-21(17)28-24/h3-4,9,11,16,33H,2,5-8,10,12-14H2,1H3/t16?,27-/m0/s1. The Hall–Kier alpha value is -3.27. The number of fused-ring (bicyclic) bond motifs is 7. The van der Waals surface area contributed by atoms with Crippen molar-refractivity contribution in [2.45, 2.75) is 44.6 Å². The summed E-state index contributed by atoms with van der Waals surface area (Å²) in [6.45, 7) is 6.20. The first-order valence-electron chi connectivity index (χ1n) is 12.6. The second kappa shape index (κ2) is 7.86. The molecule has 1 unspecified atom stereocenters. The molecule has 1 fully saturated rings. The molecule has 0 amide bonds. The maximum Gasteiger partial charge on any atom is 0.343 e. The minimum atomic E-state index is -1.82. The van der Waals surface area contributed by atoms with Gasteiger partial charge in [-0.15, -0.1) is 0 Å². The van der Waals surface area contributed by atoms with E-state index in [2.05, 4.69) is 11.0 Å². The Kier molecular flexibility index (Phi) is 4.80. The highest BCUT2D eigenvalue weighted by atomic mass is 16.6. The van der Waals surface area contributed by atoms with Gasteiger partial charge >= 0.3 is 5.97 Å².